The Labute approximate surface area is 122 Å². The summed E-state index contributed by atoms with van der Waals surface area (Å²) in [5, 5.41) is 0.689. The summed E-state index contributed by atoms with van der Waals surface area (Å²) >= 11 is 6.06. The lowest BCUT2D eigenvalue weighted by Crippen LogP contribution is -2.12. The number of Topliss-reactive ketones (excluding diaryl/α,β-unsaturated/α-hetero) is 1. The lowest BCUT2D eigenvalue weighted by molar-refractivity contribution is 0.0921. The van der Waals surface area contributed by atoms with Crippen LogP contribution in [0.25, 0.3) is 0 Å². The molecule has 0 fully saturated rings. The van der Waals surface area contributed by atoms with E-state index in [1.807, 2.05) is 13.8 Å². The van der Waals surface area contributed by atoms with E-state index in [-0.39, 0.29) is 12.4 Å². The molecule has 0 heterocycles. The Morgan fingerprint density at radius 2 is 1.85 bits per heavy atom. The van der Waals surface area contributed by atoms with Crippen LogP contribution >= 0.6 is 11.6 Å². The lowest BCUT2D eigenvalue weighted by atomic mass is 10.1. The lowest BCUT2D eigenvalue weighted by Gasteiger charge is -2.09. The van der Waals surface area contributed by atoms with Gasteiger partial charge in [-0.2, -0.15) is 0 Å². The van der Waals surface area contributed by atoms with E-state index in [4.69, 9.17) is 16.3 Å². The van der Waals surface area contributed by atoms with Gasteiger partial charge >= 0.3 is 0 Å². The fourth-order valence-corrected chi connectivity index (χ4v) is 1.99. The van der Waals surface area contributed by atoms with Gasteiger partial charge in [0.25, 0.3) is 0 Å². The maximum Gasteiger partial charge on any atom is 0.200 e. The molecule has 0 N–H and O–H groups in total. The molecule has 4 heteroatoms. The molecule has 2 rings (SSSR count). The van der Waals surface area contributed by atoms with Gasteiger partial charge in [-0.05, 0) is 49.2 Å². The molecule has 0 bridgehead atoms. The summed E-state index contributed by atoms with van der Waals surface area (Å²) < 4.78 is 18.5. The van der Waals surface area contributed by atoms with Crippen molar-refractivity contribution in [3.05, 3.63) is 63.9 Å². The molecule has 0 aliphatic heterocycles. The van der Waals surface area contributed by atoms with Crippen LogP contribution in [0.4, 0.5) is 4.39 Å². The minimum absolute atomic E-state index is 0.135. The minimum atomic E-state index is -0.436. The summed E-state index contributed by atoms with van der Waals surface area (Å²) in [6.07, 6.45) is 0. The fraction of sp³-hybridized carbons (Fsp3) is 0.188. The number of aryl methyl sites for hydroxylation is 2. The normalized spacial score (nSPS) is 10.4. The molecule has 0 radical (unpaired) electrons. The third kappa shape index (κ3) is 3.36. The van der Waals surface area contributed by atoms with E-state index in [1.54, 1.807) is 18.2 Å². The standard InChI is InChI=1S/C16H14ClFO2/c1-10-6-14(7-11(2)16(10)17)20-9-15(19)12-4-3-5-13(18)8-12/h3-8H,9H2,1-2H3. The van der Waals surface area contributed by atoms with Gasteiger partial charge in [-0.1, -0.05) is 23.7 Å². The van der Waals surface area contributed by atoms with Crippen LogP contribution in [0, 0.1) is 19.7 Å². The Kier molecular flexibility index (Phi) is 4.40. The molecule has 2 aromatic rings. The van der Waals surface area contributed by atoms with Crippen LogP contribution < -0.4 is 4.74 Å². The average Bonchev–Trinajstić information content (AvgIpc) is 2.42. The van der Waals surface area contributed by atoms with Crippen LogP contribution in [0.5, 0.6) is 5.75 Å². The van der Waals surface area contributed by atoms with Gasteiger partial charge in [0.1, 0.15) is 11.6 Å². The molecular weight excluding hydrogens is 279 g/mol. The smallest absolute Gasteiger partial charge is 0.200 e. The van der Waals surface area contributed by atoms with Crippen molar-refractivity contribution in [3.63, 3.8) is 0 Å². The molecular formula is C16H14ClFO2. The van der Waals surface area contributed by atoms with Crippen LogP contribution in [0.15, 0.2) is 36.4 Å². The van der Waals surface area contributed by atoms with Crippen molar-refractivity contribution < 1.29 is 13.9 Å². The molecule has 0 unspecified atom stereocenters. The van der Waals surface area contributed by atoms with E-state index >= 15 is 0 Å². The molecule has 2 nitrogen and oxygen atoms in total. The largest absolute Gasteiger partial charge is 0.485 e. The van der Waals surface area contributed by atoms with Crippen LogP contribution in [0.1, 0.15) is 21.5 Å². The first-order valence-electron chi connectivity index (χ1n) is 6.15. The van der Waals surface area contributed by atoms with Crippen molar-refractivity contribution in [1.29, 1.82) is 0 Å². The second-order valence-corrected chi connectivity index (χ2v) is 4.97. The number of hydrogen-bond acceptors (Lipinski definition) is 2. The summed E-state index contributed by atoms with van der Waals surface area (Å²) in [5.74, 6) is -0.127. The maximum atomic E-state index is 13.0. The highest BCUT2D eigenvalue weighted by molar-refractivity contribution is 6.32. The molecule has 0 aromatic heterocycles. The van der Waals surface area contributed by atoms with Gasteiger partial charge in [0.2, 0.25) is 0 Å². The van der Waals surface area contributed by atoms with Crippen LogP contribution in [0.2, 0.25) is 5.02 Å². The Bertz CT molecular complexity index is 630. The molecule has 2 aromatic carbocycles. The van der Waals surface area contributed by atoms with Crippen molar-refractivity contribution in [2.24, 2.45) is 0 Å². The summed E-state index contributed by atoms with van der Waals surface area (Å²) in [6.45, 7) is 3.61. The highest BCUT2D eigenvalue weighted by Gasteiger charge is 2.09. The van der Waals surface area contributed by atoms with E-state index < -0.39 is 5.82 Å². The summed E-state index contributed by atoms with van der Waals surface area (Å²) in [6, 6.07) is 9.10. The number of hydrogen-bond donors (Lipinski definition) is 0. The number of benzene rings is 2. The fourth-order valence-electron chi connectivity index (χ4n) is 1.88. The predicted molar refractivity (Wildman–Crippen MR) is 77.2 cm³/mol. The molecule has 0 amide bonds. The highest BCUT2D eigenvalue weighted by Crippen LogP contribution is 2.25. The molecule has 0 atom stereocenters. The zero-order valence-corrected chi connectivity index (χ0v) is 12.0. The molecule has 0 saturated heterocycles. The van der Waals surface area contributed by atoms with E-state index in [1.165, 1.54) is 18.2 Å². The number of carbonyl (C=O) groups excluding carboxylic acids is 1. The number of carbonyl (C=O) groups is 1. The maximum absolute atomic E-state index is 13.0. The first-order valence-corrected chi connectivity index (χ1v) is 6.53. The zero-order valence-electron chi connectivity index (χ0n) is 11.2. The first-order chi connectivity index (χ1) is 9.47. The topological polar surface area (TPSA) is 26.3 Å². The van der Waals surface area contributed by atoms with Gasteiger partial charge in [-0.3, -0.25) is 4.79 Å². The third-order valence-corrected chi connectivity index (χ3v) is 3.52. The highest BCUT2D eigenvalue weighted by atomic mass is 35.5. The van der Waals surface area contributed by atoms with Crippen molar-refractivity contribution >= 4 is 17.4 Å². The Morgan fingerprint density at radius 3 is 2.45 bits per heavy atom. The molecule has 0 aliphatic rings. The van der Waals surface area contributed by atoms with Gasteiger partial charge in [-0.15, -0.1) is 0 Å². The second kappa shape index (κ2) is 6.06. The van der Waals surface area contributed by atoms with Crippen LogP contribution in [0.3, 0.4) is 0 Å². The predicted octanol–water partition coefficient (Wildman–Crippen LogP) is 4.36. The molecule has 0 aliphatic carbocycles. The van der Waals surface area contributed by atoms with Gasteiger partial charge < -0.3 is 4.74 Å². The molecule has 0 spiro atoms. The second-order valence-electron chi connectivity index (χ2n) is 4.59. The van der Waals surface area contributed by atoms with E-state index in [9.17, 15) is 9.18 Å². The third-order valence-electron chi connectivity index (χ3n) is 2.93. The van der Waals surface area contributed by atoms with Gasteiger partial charge in [0.05, 0.1) is 0 Å². The van der Waals surface area contributed by atoms with Crippen LogP contribution in [-0.2, 0) is 0 Å². The Morgan fingerprint density at radius 1 is 1.20 bits per heavy atom. The Hall–Kier alpha value is -1.87. The number of halogens is 2. The van der Waals surface area contributed by atoms with Gasteiger partial charge in [0.15, 0.2) is 12.4 Å². The monoisotopic (exact) mass is 292 g/mol. The van der Waals surface area contributed by atoms with E-state index in [2.05, 4.69) is 0 Å². The van der Waals surface area contributed by atoms with E-state index in [0.29, 0.717) is 16.3 Å². The van der Waals surface area contributed by atoms with Crippen molar-refractivity contribution in [1.82, 2.24) is 0 Å². The van der Waals surface area contributed by atoms with Crippen LogP contribution in [-0.4, -0.2) is 12.4 Å². The Balaban J connectivity index is 2.07. The summed E-state index contributed by atoms with van der Waals surface area (Å²) in [7, 11) is 0. The number of ether oxygens (including phenoxy) is 1. The molecule has 20 heavy (non-hydrogen) atoms. The average molecular weight is 293 g/mol. The zero-order chi connectivity index (χ0) is 14.7. The quantitative estimate of drug-likeness (QED) is 0.783. The summed E-state index contributed by atoms with van der Waals surface area (Å²) in [5.41, 5.74) is 2.08. The first kappa shape index (κ1) is 14.5. The van der Waals surface area contributed by atoms with Crippen molar-refractivity contribution in [3.8, 4) is 5.75 Å². The van der Waals surface area contributed by atoms with E-state index in [0.717, 1.165) is 11.1 Å². The molecule has 104 valence electrons. The van der Waals surface area contributed by atoms with Gasteiger partial charge in [-0.25, -0.2) is 4.39 Å². The SMILES string of the molecule is Cc1cc(OCC(=O)c2cccc(F)c2)cc(C)c1Cl. The number of ketones is 1. The van der Waals surface area contributed by atoms with Crippen molar-refractivity contribution in [2.45, 2.75) is 13.8 Å². The summed E-state index contributed by atoms with van der Waals surface area (Å²) in [4.78, 5) is 11.9. The minimum Gasteiger partial charge on any atom is -0.485 e. The van der Waals surface area contributed by atoms with Gasteiger partial charge in [0, 0.05) is 10.6 Å². The number of rotatable bonds is 4. The molecule has 0 saturated carbocycles. The van der Waals surface area contributed by atoms with Crippen molar-refractivity contribution in [2.75, 3.05) is 6.61 Å².